The van der Waals surface area contributed by atoms with Crippen LogP contribution >= 0.6 is 0 Å². The number of hydrogen-bond acceptors (Lipinski definition) is 4. The Morgan fingerprint density at radius 1 is 1.08 bits per heavy atom. The van der Waals surface area contributed by atoms with Crippen LogP contribution < -0.4 is 4.72 Å². The van der Waals surface area contributed by atoms with Crippen LogP contribution in [0.1, 0.15) is 22.3 Å². The van der Waals surface area contributed by atoms with Crippen LogP contribution in [0.3, 0.4) is 0 Å². The van der Waals surface area contributed by atoms with Gasteiger partial charge in [-0.1, -0.05) is 48.0 Å². The van der Waals surface area contributed by atoms with Crippen LogP contribution in [0.4, 0.5) is 0 Å². The third kappa shape index (κ3) is 4.67. The molecule has 0 aromatic heterocycles. The topological polar surface area (TPSA) is 72.5 Å². The average molecular weight is 361 g/mol. The third-order valence-electron chi connectivity index (χ3n) is 3.94. The molecule has 0 spiro atoms. The van der Waals surface area contributed by atoms with Gasteiger partial charge in [-0.25, -0.2) is 8.42 Å². The standard InChI is InChI=1S/C19H23NO4S/c1-13-10-14(2)18(15(3)11-13)25(22,23)20-17(19(21)24-4)12-16-8-6-5-7-9-16/h5-11,17,20H,12H2,1-4H3/t17-/m1/s1. The molecule has 1 atom stereocenters. The van der Waals surface area contributed by atoms with E-state index < -0.39 is 22.0 Å². The van der Waals surface area contributed by atoms with E-state index in [0.717, 1.165) is 11.1 Å². The Labute approximate surface area is 149 Å². The fourth-order valence-electron chi connectivity index (χ4n) is 3.00. The van der Waals surface area contributed by atoms with Crippen molar-refractivity contribution in [2.45, 2.75) is 38.1 Å². The van der Waals surface area contributed by atoms with Crippen molar-refractivity contribution in [2.24, 2.45) is 0 Å². The number of aryl methyl sites for hydroxylation is 3. The molecule has 0 aliphatic carbocycles. The number of nitrogens with one attached hydrogen (secondary N) is 1. The van der Waals surface area contributed by atoms with Crippen LogP contribution in [0.25, 0.3) is 0 Å². The van der Waals surface area contributed by atoms with E-state index in [1.165, 1.54) is 7.11 Å². The van der Waals surface area contributed by atoms with E-state index in [2.05, 4.69) is 4.72 Å². The zero-order valence-corrected chi connectivity index (χ0v) is 15.7. The highest BCUT2D eigenvalue weighted by molar-refractivity contribution is 7.89. The summed E-state index contributed by atoms with van der Waals surface area (Å²) in [5, 5.41) is 0. The maximum atomic E-state index is 12.9. The zero-order valence-electron chi connectivity index (χ0n) is 14.9. The summed E-state index contributed by atoms with van der Waals surface area (Å²) in [7, 11) is -2.62. The van der Waals surface area contributed by atoms with Gasteiger partial charge in [0, 0.05) is 0 Å². The first-order valence-electron chi connectivity index (χ1n) is 7.96. The molecule has 2 rings (SSSR count). The second-order valence-electron chi connectivity index (χ2n) is 6.11. The van der Waals surface area contributed by atoms with Crippen LogP contribution in [0, 0.1) is 20.8 Å². The maximum absolute atomic E-state index is 12.9. The first kappa shape index (κ1) is 19.1. The molecule has 25 heavy (non-hydrogen) atoms. The molecule has 2 aromatic rings. The third-order valence-corrected chi connectivity index (χ3v) is 5.72. The molecule has 0 amide bonds. The van der Waals surface area contributed by atoms with E-state index in [4.69, 9.17) is 4.74 Å². The van der Waals surface area contributed by atoms with Gasteiger partial charge in [0.1, 0.15) is 6.04 Å². The maximum Gasteiger partial charge on any atom is 0.324 e. The van der Waals surface area contributed by atoms with Crippen LogP contribution in [0.15, 0.2) is 47.4 Å². The summed E-state index contributed by atoms with van der Waals surface area (Å²) in [6, 6.07) is 11.9. The number of carbonyl (C=O) groups is 1. The van der Waals surface area contributed by atoms with Crippen molar-refractivity contribution in [3.05, 3.63) is 64.7 Å². The highest BCUT2D eigenvalue weighted by Crippen LogP contribution is 2.22. The Balaban J connectivity index is 2.36. The van der Waals surface area contributed by atoms with Crippen molar-refractivity contribution in [2.75, 3.05) is 7.11 Å². The summed E-state index contributed by atoms with van der Waals surface area (Å²) in [4.78, 5) is 12.3. The van der Waals surface area contributed by atoms with Crippen molar-refractivity contribution in [1.82, 2.24) is 4.72 Å². The monoisotopic (exact) mass is 361 g/mol. The van der Waals surface area contributed by atoms with Gasteiger partial charge in [-0.15, -0.1) is 0 Å². The fourth-order valence-corrected chi connectivity index (χ4v) is 4.64. The number of carbonyl (C=O) groups excluding carboxylic acids is 1. The number of esters is 1. The summed E-state index contributed by atoms with van der Waals surface area (Å²) < 4.78 is 33.1. The highest BCUT2D eigenvalue weighted by atomic mass is 32.2. The molecule has 1 N–H and O–H groups in total. The summed E-state index contributed by atoms with van der Waals surface area (Å²) >= 11 is 0. The average Bonchev–Trinajstić information content (AvgIpc) is 2.52. The number of sulfonamides is 1. The van der Waals surface area contributed by atoms with Crippen LogP contribution in [-0.2, 0) is 26.0 Å². The van der Waals surface area contributed by atoms with Crippen molar-refractivity contribution in [1.29, 1.82) is 0 Å². The summed E-state index contributed by atoms with van der Waals surface area (Å²) in [5.41, 5.74) is 3.13. The van der Waals surface area contributed by atoms with E-state index in [1.54, 1.807) is 13.8 Å². The molecule has 0 heterocycles. The van der Waals surface area contributed by atoms with Gasteiger partial charge in [-0.3, -0.25) is 4.79 Å². The van der Waals surface area contributed by atoms with E-state index in [1.807, 2.05) is 49.4 Å². The minimum absolute atomic E-state index is 0.208. The zero-order chi connectivity index (χ0) is 18.6. The van der Waals surface area contributed by atoms with E-state index >= 15 is 0 Å². The van der Waals surface area contributed by atoms with Crippen molar-refractivity contribution < 1.29 is 17.9 Å². The first-order chi connectivity index (χ1) is 11.7. The highest BCUT2D eigenvalue weighted by Gasteiger charge is 2.28. The minimum atomic E-state index is -3.86. The second-order valence-corrected chi connectivity index (χ2v) is 7.77. The van der Waals surface area contributed by atoms with Gasteiger partial charge in [-0.2, -0.15) is 4.72 Å². The van der Waals surface area contributed by atoms with Gasteiger partial charge in [0.2, 0.25) is 10.0 Å². The van der Waals surface area contributed by atoms with Crippen molar-refractivity contribution in [3.63, 3.8) is 0 Å². The molecule has 0 aliphatic rings. The Hall–Kier alpha value is -2.18. The van der Waals surface area contributed by atoms with E-state index in [0.29, 0.717) is 11.1 Å². The smallest absolute Gasteiger partial charge is 0.324 e. The lowest BCUT2D eigenvalue weighted by atomic mass is 10.1. The summed E-state index contributed by atoms with van der Waals surface area (Å²) in [6.45, 7) is 5.41. The van der Waals surface area contributed by atoms with E-state index in [9.17, 15) is 13.2 Å². The molecule has 5 nitrogen and oxygen atoms in total. The number of benzene rings is 2. The summed E-state index contributed by atoms with van der Waals surface area (Å²) in [5.74, 6) is -0.616. The molecular formula is C19H23NO4S. The Morgan fingerprint density at radius 2 is 1.64 bits per heavy atom. The molecule has 2 aromatic carbocycles. The van der Waals surface area contributed by atoms with Gasteiger partial charge in [-0.05, 0) is 43.9 Å². The Morgan fingerprint density at radius 3 is 2.16 bits per heavy atom. The van der Waals surface area contributed by atoms with Crippen molar-refractivity contribution >= 4 is 16.0 Å². The number of ether oxygens (including phenoxy) is 1. The SMILES string of the molecule is COC(=O)[C@@H](Cc1ccccc1)NS(=O)(=O)c1c(C)cc(C)cc1C. The molecule has 0 fully saturated rings. The molecule has 0 unspecified atom stereocenters. The molecule has 0 aliphatic heterocycles. The first-order valence-corrected chi connectivity index (χ1v) is 9.45. The van der Waals surface area contributed by atoms with E-state index in [-0.39, 0.29) is 11.3 Å². The second kappa shape index (κ2) is 7.80. The van der Waals surface area contributed by atoms with Gasteiger partial charge >= 0.3 is 5.97 Å². The molecule has 0 bridgehead atoms. The lowest BCUT2D eigenvalue weighted by Crippen LogP contribution is -2.43. The van der Waals surface area contributed by atoms with Gasteiger partial charge in [0.25, 0.3) is 0 Å². The lowest BCUT2D eigenvalue weighted by Gasteiger charge is -2.19. The Bertz CT molecular complexity index is 837. The van der Waals surface area contributed by atoms with Crippen molar-refractivity contribution in [3.8, 4) is 0 Å². The largest absolute Gasteiger partial charge is 0.468 e. The quantitative estimate of drug-likeness (QED) is 0.803. The molecule has 0 radical (unpaired) electrons. The number of hydrogen-bond donors (Lipinski definition) is 1. The number of rotatable bonds is 6. The predicted molar refractivity (Wildman–Crippen MR) is 96.9 cm³/mol. The Kier molecular flexibility index (Phi) is 5.98. The summed E-state index contributed by atoms with van der Waals surface area (Å²) in [6.07, 6.45) is 0.219. The fraction of sp³-hybridized carbons (Fsp3) is 0.316. The number of methoxy groups -OCH3 is 1. The minimum Gasteiger partial charge on any atom is -0.468 e. The van der Waals surface area contributed by atoms with Crippen LogP contribution in [-0.4, -0.2) is 27.5 Å². The molecular weight excluding hydrogens is 338 g/mol. The normalized spacial score (nSPS) is 12.6. The molecule has 134 valence electrons. The molecule has 0 saturated carbocycles. The van der Waals surface area contributed by atoms with Crippen LogP contribution in [0.2, 0.25) is 0 Å². The predicted octanol–water partition coefficient (Wildman–Crippen LogP) is 2.67. The van der Waals surface area contributed by atoms with Crippen LogP contribution in [0.5, 0.6) is 0 Å². The van der Waals surface area contributed by atoms with Gasteiger partial charge in [0.15, 0.2) is 0 Å². The lowest BCUT2D eigenvalue weighted by molar-refractivity contribution is -0.142. The molecule has 0 saturated heterocycles. The van der Waals surface area contributed by atoms with Gasteiger partial charge < -0.3 is 4.74 Å². The van der Waals surface area contributed by atoms with Gasteiger partial charge in [0.05, 0.1) is 12.0 Å². The molecule has 6 heteroatoms.